The van der Waals surface area contributed by atoms with Crippen LogP contribution in [0.3, 0.4) is 0 Å². The normalized spacial score (nSPS) is 15.2. The third kappa shape index (κ3) is 2.46. The Morgan fingerprint density at radius 3 is 2.64 bits per heavy atom. The standard InChI is InChI=1S/C11H14ClFO/c1-3-7(2)11(14)8-4-5-9(12)10(13)6-8/h4-7,11,14H,3H2,1-2H3. The molecule has 0 amide bonds. The van der Waals surface area contributed by atoms with E-state index in [0.29, 0.717) is 5.56 Å². The number of hydrogen-bond donors (Lipinski definition) is 1. The summed E-state index contributed by atoms with van der Waals surface area (Å²) in [6, 6.07) is 4.42. The molecule has 3 heteroatoms. The first-order chi connectivity index (χ1) is 6.56. The van der Waals surface area contributed by atoms with Gasteiger partial charge in [0.05, 0.1) is 11.1 Å². The molecule has 78 valence electrons. The molecule has 0 aliphatic rings. The van der Waals surface area contributed by atoms with Crippen LogP contribution < -0.4 is 0 Å². The van der Waals surface area contributed by atoms with Crippen molar-refractivity contribution in [2.75, 3.05) is 0 Å². The fourth-order valence-electron chi connectivity index (χ4n) is 1.25. The molecule has 1 aromatic carbocycles. The van der Waals surface area contributed by atoms with Crippen molar-refractivity contribution in [3.63, 3.8) is 0 Å². The van der Waals surface area contributed by atoms with Gasteiger partial charge in [-0.25, -0.2) is 4.39 Å². The van der Waals surface area contributed by atoms with Gasteiger partial charge in [-0.2, -0.15) is 0 Å². The fraction of sp³-hybridized carbons (Fsp3) is 0.455. The lowest BCUT2D eigenvalue weighted by molar-refractivity contribution is 0.115. The van der Waals surface area contributed by atoms with E-state index in [2.05, 4.69) is 0 Å². The van der Waals surface area contributed by atoms with Crippen LogP contribution in [0.2, 0.25) is 5.02 Å². The zero-order valence-electron chi connectivity index (χ0n) is 8.30. The number of aliphatic hydroxyl groups is 1. The van der Waals surface area contributed by atoms with Crippen molar-refractivity contribution in [2.24, 2.45) is 5.92 Å². The van der Waals surface area contributed by atoms with Gasteiger partial charge in [0.1, 0.15) is 5.82 Å². The van der Waals surface area contributed by atoms with E-state index in [0.717, 1.165) is 6.42 Å². The van der Waals surface area contributed by atoms with Gasteiger partial charge in [0, 0.05) is 0 Å². The second kappa shape index (κ2) is 4.76. The van der Waals surface area contributed by atoms with Gasteiger partial charge in [-0.1, -0.05) is 37.9 Å². The summed E-state index contributed by atoms with van der Waals surface area (Å²) >= 11 is 5.54. The molecule has 1 N–H and O–H groups in total. The molecule has 0 bridgehead atoms. The van der Waals surface area contributed by atoms with E-state index in [1.165, 1.54) is 12.1 Å². The minimum atomic E-state index is -0.619. The van der Waals surface area contributed by atoms with Crippen LogP contribution in [0.5, 0.6) is 0 Å². The third-order valence-corrected chi connectivity index (χ3v) is 2.77. The highest BCUT2D eigenvalue weighted by molar-refractivity contribution is 6.30. The predicted octanol–water partition coefficient (Wildman–Crippen LogP) is 3.56. The average Bonchev–Trinajstić information content (AvgIpc) is 2.20. The summed E-state index contributed by atoms with van der Waals surface area (Å²) in [5.41, 5.74) is 0.584. The van der Waals surface area contributed by atoms with Crippen molar-refractivity contribution < 1.29 is 9.50 Å². The van der Waals surface area contributed by atoms with E-state index in [9.17, 15) is 9.50 Å². The Hall–Kier alpha value is -0.600. The van der Waals surface area contributed by atoms with Gasteiger partial charge in [0.25, 0.3) is 0 Å². The minimum absolute atomic E-state index is 0.0881. The summed E-state index contributed by atoms with van der Waals surface area (Å²) in [6.07, 6.45) is 0.234. The minimum Gasteiger partial charge on any atom is -0.388 e. The van der Waals surface area contributed by atoms with E-state index >= 15 is 0 Å². The first-order valence-corrected chi connectivity index (χ1v) is 5.07. The van der Waals surface area contributed by atoms with Crippen LogP contribution in [0.1, 0.15) is 31.9 Å². The number of aliphatic hydroxyl groups excluding tert-OH is 1. The molecule has 0 spiro atoms. The molecule has 0 aliphatic heterocycles. The average molecular weight is 217 g/mol. The molecule has 1 aromatic rings. The highest BCUT2D eigenvalue weighted by Crippen LogP contribution is 2.26. The second-order valence-corrected chi connectivity index (χ2v) is 3.91. The largest absolute Gasteiger partial charge is 0.388 e. The van der Waals surface area contributed by atoms with E-state index in [-0.39, 0.29) is 10.9 Å². The monoisotopic (exact) mass is 216 g/mol. The molecule has 0 aliphatic carbocycles. The lowest BCUT2D eigenvalue weighted by Gasteiger charge is -2.17. The fourth-order valence-corrected chi connectivity index (χ4v) is 1.37. The number of rotatable bonds is 3. The molecule has 0 heterocycles. The lowest BCUT2D eigenvalue weighted by atomic mass is 9.95. The SMILES string of the molecule is CCC(C)C(O)c1ccc(Cl)c(F)c1. The van der Waals surface area contributed by atoms with Gasteiger partial charge in [-0.15, -0.1) is 0 Å². The molecule has 1 nitrogen and oxygen atoms in total. The van der Waals surface area contributed by atoms with Crippen molar-refractivity contribution >= 4 is 11.6 Å². The highest BCUT2D eigenvalue weighted by atomic mass is 35.5. The maximum absolute atomic E-state index is 13.1. The number of hydrogen-bond acceptors (Lipinski definition) is 1. The van der Waals surface area contributed by atoms with Gasteiger partial charge in [-0.05, 0) is 23.6 Å². The first-order valence-electron chi connectivity index (χ1n) is 4.69. The van der Waals surface area contributed by atoms with E-state index in [4.69, 9.17) is 11.6 Å². The number of halogens is 2. The Balaban J connectivity index is 2.91. The van der Waals surface area contributed by atoms with E-state index in [1.807, 2.05) is 13.8 Å². The van der Waals surface area contributed by atoms with Crippen molar-refractivity contribution in [3.05, 3.63) is 34.6 Å². The second-order valence-electron chi connectivity index (χ2n) is 3.50. The molecule has 0 saturated carbocycles. The predicted molar refractivity (Wildman–Crippen MR) is 55.8 cm³/mol. The zero-order valence-corrected chi connectivity index (χ0v) is 9.05. The van der Waals surface area contributed by atoms with E-state index < -0.39 is 11.9 Å². The van der Waals surface area contributed by atoms with Gasteiger partial charge >= 0.3 is 0 Å². The Morgan fingerprint density at radius 2 is 2.14 bits per heavy atom. The molecule has 0 fully saturated rings. The van der Waals surface area contributed by atoms with Crippen molar-refractivity contribution in [1.82, 2.24) is 0 Å². The lowest BCUT2D eigenvalue weighted by Crippen LogP contribution is -2.08. The Bertz CT molecular complexity index is 314. The quantitative estimate of drug-likeness (QED) is 0.819. The van der Waals surface area contributed by atoms with Crippen molar-refractivity contribution in [3.8, 4) is 0 Å². The van der Waals surface area contributed by atoms with Crippen LogP contribution >= 0.6 is 11.6 Å². The van der Waals surface area contributed by atoms with Gasteiger partial charge in [0.15, 0.2) is 0 Å². The first kappa shape index (κ1) is 11.5. The van der Waals surface area contributed by atoms with Gasteiger partial charge < -0.3 is 5.11 Å². The molecular weight excluding hydrogens is 203 g/mol. The molecule has 2 atom stereocenters. The maximum atomic E-state index is 13.1. The molecular formula is C11H14ClFO. The Morgan fingerprint density at radius 1 is 1.50 bits per heavy atom. The van der Waals surface area contributed by atoms with Crippen LogP contribution in [0.25, 0.3) is 0 Å². The summed E-state index contributed by atoms with van der Waals surface area (Å²) in [6.45, 7) is 3.91. The Labute approximate surface area is 88.5 Å². The molecule has 0 aromatic heterocycles. The summed E-state index contributed by atoms with van der Waals surface area (Å²) in [5, 5.41) is 9.88. The van der Waals surface area contributed by atoms with Crippen molar-refractivity contribution in [2.45, 2.75) is 26.4 Å². The van der Waals surface area contributed by atoms with Gasteiger partial charge in [-0.3, -0.25) is 0 Å². The van der Waals surface area contributed by atoms with Crippen LogP contribution in [0.4, 0.5) is 4.39 Å². The Kier molecular flexibility index (Phi) is 3.90. The molecule has 1 rings (SSSR count). The van der Waals surface area contributed by atoms with E-state index in [1.54, 1.807) is 6.07 Å². The van der Waals surface area contributed by atoms with Crippen LogP contribution in [0, 0.1) is 11.7 Å². The molecule has 14 heavy (non-hydrogen) atoms. The van der Waals surface area contributed by atoms with Crippen molar-refractivity contribution in [1.29, 1.82) is 0 Å². The third-order valence-electron chi connectivity index (χ3n) is 2.47. The smallest absolute Gasteiger partial charge is 0.142 e. The number of benzene rings is 1. The maximum Gasteiger partial charge on any atom is 0.142 e. The zero-order chi connectivity index (χ0) is 10.7. The van der Waals surface area contributed by atoms with Gasteiger partial charge in [0.2, 0.25) is 0 Å². The van der Waals surface area contributed by atoms with Crippen LogP contribution in [-0.4, -0.2) is 5.11 Å². The van der Waals surface area contributed by atoms with Crippen LogP contribution in [0.15, 0.2) is 18.2 Å². The van der Waals surface area contributed by atoms with Crippen LogP contribution in [-0.2, 0) is 0 Å². The summed E-state index contributed by atoms with van der Waals surface area (Å²) in [5.74, 6) is -0.359. The summed E-state index contributed by atoms with van der Waals surface area (Å²) < 4.78 is 13.1. The molecule has 0 radical (unpaired) electrons. The molecule has 2 unspecified atom stereocenters. The topological polar surface area (TPSA) is 20.2 Å². The summed E-state index contributed by atoms with van der Waals surface area (Å²) in [7, 11) is 0. The highest BCUT2D eigenvalue weighted by Gasteiger charge is 2.15. The summed E-state index contributed by atoms with van der Waals surface area (Å²) in [4.78, 5) is 0. The molecule has 0 saturated heterocycles.